The molecule has 2 fully saturated rings. The van der Waals surface area contributed by atoms with Crippen molar-refractivity contribution in [1.82, 2.24) is 15.5 Å². The highest BCUT2D eigenvalue weighted by atomic mass is 16.5. The van der Waals surface area contributed by atoms with E-state index in [2.05, 4.69) is 20.5 Å². The second-order valence-electron chi connectivity index (χ2n) is 8.20. The van der Waals surface area contributed by atoms with Crippen molar-refractivity contribution in [3.05, 3.63) is 35.5 Å². The lowest BCUT2D eigenvalue weighted by atomic mass is 10.0. The van der Waals surface area contributed by atoms with E-state index in [-0.39, 0.29) is 0 Å². The van der Waals surface area contributed by atoms with E-state index in [1.807, 2.05) is 31.2 Å². The van der Waals surface area contributed by atoms with E-state index in [1.54, 1.807) is 14.2 Å². The zero-order valence-corrected chi connectivity index (χ0v) is 17.0. The third kappa shape index (κ3) is 4.10. The van der Waals surface area contributed by atoms with Crippen molar-refractivity contribution in [2.75, 3.05) is 40.4 Å². The van der Waals surface area contributed by atoms with Gasteiger partial charge in [-0.2, -0.15) is 0 Å². The molecule has 3 aliphatic rings. The molecule has 2 aliphatic heterocycles. The molecule has 0 amide bonds. The monoisotopic (exact) mass is 385 g/mol. The van der Waals surface area contributed by atoms with E-state index < -0.39 is 5.79 Å². The first-order chi connectivity index (χ1) is 13.5. The van der Waals surface area contributed by atoms with E-state index in [0.29, 0.717) is 18.3 Å². The molecule has 4 N–H and O–H groups in total. The molecule has 1 aromatic carbocycles. The summed E-state index contributed by atoms with van der Waals surface area (Å²) in [5.74, 6) is 2.75. The molecule has 1 unspecified atom stereocenters. The van der Waals surface area contributed by atoms with Gasteiger partial charge < -0.3 is 25.0 Å². The second-order valence-corrected chi connectivity index (χ2v) is 8.20. The average molecular weight is 386 g/mol. The maximum atomic E-state index is 6.61. The molecule has 7 heteroatoms. The fourth-order valence-electron chi connectivity index (χ4n) is 3.93. The number of amidine groups is 1. The van der Waals surface area contributed by atoms with Gasteiger partial charge in [0.15, 0.2) is 17.3 Å². The van der Waals surface area contributed by atoms with E-state index >= 15 is 0 Å². The summed E-state index contributed by atoms with van der Waals surface area (Å²) in [4.78, 5) is 6.77. The van der Waals surface area contributed by atoms with Crippen molar-refractivity contribution < 1.29 is 9.47 Å². The number of nitrogens with two attached hydrogens (primary N) is 1. The summed E-state index contributed by atoms with van der Waals surface area (Å²) in [6, 6.07) is 5.79. The molecule has 0 radical (unpaired) electrons. The van der Waals surface area contributed by atoms with Crippen molar-refractivity contribution in [1.29, 1.82) is 0 Å². The van der Waals surface area contributed by atoms with Crippen LogP contribution in [0.5, 0.6) is 11.5 Å². The van der Waals surface area contributed by atoms with Crippen LogP contribution in [0.25, 0.3) is 0 Å². The van der Waals surface area contributed by atoms with Crippen LogP contribution in [-0.4, -0.2) is 51.1 Å². The Morgan fingerprint density at radius 1 is 1.21 bits per heavy atom. The molecule has 0 spiro atoms. The summed E-state index contributed by atoms with van der Waals surface area (Å²) < 4.78 is 11.6. The van der Waals surface area contributed by atoms with Crippen LogP contribution in [0.2, 0.25) is 0 Å². The van der Waals surface area contributed by atoms with Crippen LogP contribution in [0, 0.1) is 11.8 Å². The first kappa shape index (κ1) is 19.1. The molecule has 0 aromatic heterocycles. The molecule has 4 rings (SSSR count). The summed E-state index contributed by atoms with van der Waals surface area (Å²) in [5, 5.41) is 6.54. The highest BCUT2D eigenvalue weighted by molar-refractivity contribution is 5.94. The van der Waals surface area contributed by atoms with E-state index in [9.17, 15) is 0 Å². The molecule has 1 aromatic rings. The standard InChI is InChI=1S/C21H31N5O2/c1-14-8-20(23-2)25-21(22,24-14)17-6-7-18(27-3)19(9-17)28-13-16-11-26(12-16)10-15-4-5-15/h6-9,15-16,24H,4-5,10-13,22H2,1-3H3,(H,23,25). The van der Waals surface area contributed by atoms with Crippen LogP contribution in [-0.2, 0) is 5.79 Å². The lowest BCUT2D eigenvalue weighted by Crippen LogP contribution is -2.64. The molecule has 7 nitrogen and oxygen atoms in total. The predicted molar refractivity (Wildman–Crippen MR) is 110 cm³/mol. The maximum absolute atomic E-state index is 6.61. The Morgan fingerprint density at radius 2 is 2.00 bits per heavy atom. The van der Waals surface area contributed by atoms with Crippen molar-refractivity contribution in [2.45, 2.75) is 25.6 Å². The summed E-state index contributed by atoms with van der Waals surface area (Å²) in [6.45, 7) is 6.18. The number of rotatable bonds is 7. The minimum atomic E-state index is -0.949. The van der Waals surface area contributed by atoms with Crippen molar-refractivity contribution >= 4 is 5.84 Å². The van der Waals surface area contributed by atoms with Crippen LogP contribution in [0.15, 0.2) is 35.0 Å². The molecule has 1 saturated carbocycles. The van der Waals surface area contributed by atoms with Crippen molar-refractivity contribution in [3.63, 3.8) is 0 Å². The Labute approximate surface area is 167 Å². The first-order valence-corrected chi connectivity index (χ1v) is 10.0. The van der Waals surface area contributed by atoms with Gasteiger partial charge >= 0.3 is 0 Å². The smallest absolute Gasteiger partial charge is 0.190 e. The van der Waals surface area contributed by atoms with Crippen LogP contribution < -0.4 is 25.8 Å². The van der Waals surface area contributed by atoms with E-state index in [0.717, 1.165) is 41.9 Å². The number of nitrogens with zero attached hydrogens (tertiary/aromatic N) is 2. The lowest BCUT2D eigenvalue weighted by molar-refractivity contribution is 0.0574. The lowest BCUT2D eigenvalue weighted by Gasteiger charge is -2.39. The van der Waals surface area contributed by atoms with Gasteiger partial charge in [-0.1, -0.05) is 0 Å². The van der Waals surface area contributed by atoms with Gasteiger partial charge in [0, 0.05) is 43.9 Å². The Kier molecular flexibility index (Phi) is 5.21. The summed E-state index contributed by atoms with van der Waals surface area (Å²) in [5.41, 5.74) is 8.43. The Balaban J connectivity index is 1.43. The molecule has 0 bridgehead atoms. The highest BCUT2D eigenvalue weighted by Gasteiger charge is 2.34. The van der Waals surface area contributed by atoms with Crippen molar-refractivity contribution in [3.8, 4) is 11.5 Å². The zero-order valence-electron chi connectivity index (χ0n) is 17.0. The van der Waals surface area contributed by atoms with E-state index in [1.165, 1.54) is 19.4 Å². The Hall–Kier alpha value is -2.25. The fourth-order valence-corrected chi connectivity index (χ4v) is 3.93. The van der Waals surface area contributed by atoms with Gasteiger partial charge in [0.2, 0.25) is 0 Å². The average Bonchev–Trinajstić information content (AvgIpc) is 3.46. The number of aliphatic imine (C=N–C) groups is 1. The fraction of sp³-hybridized carbons (Fsp3) is 0.571. The molecule has 1 atom stereocenters. The number of allylic oxidation sites excluding steroid dienone is 1. The summed E-state index contributed by atoms with van der Waals surface area (Å²) in [7, 11) is 3.40. The second kappa shape index (κ2) is 7.64. The molecule has 28 heavy (non-hydrogen) atoms. The minimum absolute atomic E-state index is 0.578. The van der Waals surface area contributed by atoms with Gasteiger partial charge in [0.05, 0.1) is 13.7 Å². The number of benzene rings is 1. The quantitative estimate of drug-likeness (QED) is 0.661. The largest absolute Gasteiger partial charge is 0.493 e. The number of nitrogens with one attached hydrogen (secondary N) is 2. The molecule has 152 valence electrons. The normalized spacial score (nSPS) is 26.9. The van der Waals surface area contributed by atoms with Crippen LogP contribution in [0.3, 0.4) is 0 Å². The number of likely N-dealkylation sites (tertiary alicyclic amines) is 1. The molecule has 1 saturated heterocycles. The predicted octanol–water partition coefficient (Wildman–Crippen LogP) is 1.61. The Morgan fingerprint density at radius 3 is 2.68 bits per heavy atom. The topological polar surface area (TPSA) is 84.1 Å². The number of ether oxygens (including phenoxy) is 2. The van der Waals surface area contributed by atoms with Gasteiger partial charge in [-0.25, -0.2) is 0 Å². The maximum Gasteiger partial charge on any atom is 0.190 e. The third-order valence-corrected chi connectivity index (χ3v) is 5.65. The zero-order chi connectivity index (χ0) is 19.7. The molecular weight excluding hydrogens is 354 g/mol. The highest BCUT2D eigenvalue weighted by Crippen LogP contribution is 2.34. The van der Waals surface area contributed by atoms with Gasteiger partial charge in [-0.3, -0.25) is 10.7 Å². The van der Waals surface area contributed by atoms with E-state index in [4.69, 9.17) is 15.2 Å². The first-order valence-electron chi connectivity index (χ1n) is 10.0. The van der Waals surface area contributed by atoms with Crippen LogP contribution >= 0.6 is 0 Å². The number of hydrogen-bond donors (Lipinski definition) is 3. The van der Waals surface area contributed by atoms with Gasteiger partial charge in [-0.05, 0) is 50.0 Å². The van der Waals surface area contributed by atoms with Gasteiger partial charge in [-0.15, -0.1) is 0 Å². The van der Waals surface area contributed by atoms with Crippen molar-refractivity contribution in [2.24, 2.45) is 22.6 Å². The van der Waals surface area contributed by atoms with Gasteiger partial charge in [0.1, 0.15) is 5.84 Å². The SMILES string of the molecule is CN=C1C=C(C)NC(N)(c2ccc(OC)c(OCC3CN(CC4CC4)C3)c2)N1. The van der Waals surface area contributed by atoms with Crippen LogP contribution in [0.4, 0.5) is 0 Å². The molecular formula is C21H31N5O2. The van der Waals surface area contributed by atoms with Gasteiger partial charge in [0.25, 0.3) is 0 Å². The Bertz CT molecular complexity index is 783. The number of methoxy groups -OCH3 is 1. The summed E-state index contributed by atoms with van der Waals surface area (Å²) in [6.07, 6.45) is 4.74. The van der Waals surface area contributed by atoms with Crippen LogP contribution in [0.1, 0.15) is 25.3 Å². The molecule has 2 heterocycles. The number of hydrogen-bond acceptors (Lipinski definition) is 6. The summed E-state index contributed by atoms with van der Waals surface area (Å²) >= 11 is 0. The molecule has 1 aliphatic carbocycles. The minimum Gasteiger partial charge on any atom is -0.493 e. The third-order valence-electron chi connectivity index (χ3n) is 5.65.